The van der Waals surface area contributed by atoms with Gasteiger partial charge in [-0.3, -0.25) is 0 Å². The summed E-state index contributed by atoms with van der Waals surface area (Å²) < 4.78 is 12.9. The van der Waals surface area contributed by atoms with E-state index in [-0.39, 0.29) is 0 Å². The second-order valence-corrected chi connectivity index (χ2v) is 4.54. The Morgan fingerprint density at radius 1 is 1.18 bits per heavy atom. The summed E-state index contributed by atoms with van der Waals surface area (Å²) in [4.78, 5) is 11.9. The summed E-state index contributed by atoms with van der Waals surface area (Å²) >= 11 is 1.38. The summed E-state index contributed by atoms with van der Waals surface area (Å²) in [6.45, 7) is 0. The number of benzene rings is 1. The molecule has 17 heavy (non-hydrogen) atoms. The highest BCUT2D eigenvalue weighted by molar-refractivity contribution is 7.99. The van der Waals surface area contributed by atoms with E-state index in [1.54, 1.807) is 6.07 Å². The SMILES string of the molecule is Fc1cc(Sc2nc3ccccc3[nH]2)ccn1. The number of imidazole rings is 1. The number of aromatic nitrogens is 3. The van der Waals surface area contributed by atoms with Crippen LogP contribution in [0.15, 0.2) is 52.6 Å². The van der Waals surface area contributed by atoms with Gasteiger partial charge in [-0.15, -0.1) is 0 Å². The topological polar surface area (TPSA) is 41.6 Å². The molecule has 0 bridgehead atoms. The van der Waals surface area contributed by atoms with Gasteiger partial charge in [0.05, 0.1) is 11.0 Å². The van der Waals surface area contributed by atoms with Gasteiger partial charge in [0.15, 0.2) is 5.16 Å². The highest BCUT2D eigenvalue weighted by Crippen LogP contribution is 2.26. The molecule has 0 unspecified atom stereocenters. The highest BCUT2D eigenvalue weighted by Gasteiger charge is 2.04. The van der Waals surface area contributed by atoms with Crippen molar-refractivity contribution in [1.29, 1.82) is 0 Å². The van der Waals surface area contributed by atoms with Crippen LogP contribution in [0.1, 0.15) is 0 Å². The van der Waals surface area contributed by atoms with Crippen LogP contribution in [0.5, 0.6) is 0 Å². The zero-order valence-corrected chi connectivity index (χ0v) is 9.54. The first-order valence-electron chi connectivity index (χ1n) is 5.05. The summed E-state index contributed by atoms with van der Waals surface area (Å²) in [6.07, 6.45) is 1.44. The van der Waals surface area contributed by atoms with Crippen LogP contribution >= 0.6 is 11.8 Å². The van der Waals surface area contributed by atoms with Crippen LogP contribution in [0.25, 0.3) is 11.0 Å². The van der Waals surface area contributed by atoms with Crippen molar-refractivity contribution in [2.45, 2.75) is 10.1 Å². The maximum absolute atomic E-state index is 12.9. The number of hydrogen-bond donors (Lipinski definition) is 1. The van der Waals surface area contributed by atoms with Crippen LogP contribution in [0.3, 0.4) is 0 Å². The van der Waals surface area contributed by atoms with Crippen LogP contribution in [-0.4, -0.2) is 15.0 Å². The summed E-state index contributed by atoms with van der Waals surface area (Å²) in [5.74, 6) is -0.480. The fraction of sp³-hybridized carbons (Fsp3) is 0. The first-order chi connectivity index (χ1) is 8.31. The Morgan fingerprint density at radius 3 is 2.88 bits per heavy atom. The number of nitrogens with zero attached hydrogens (tertiary/aromatic N) is 2. The average molecular weight is 245 g/mol. The van der Waals surface area contributed by atoms with E-state index >= 15 is 0 Å². The molecule has 3 aromatic rings. The van der Waals surface area contributed by atoms with Crippen LogP contribution in [-0.2, 0) is 0 Å². The maximum atomic E-state index is 12.9. The van der Waals surface area contributed by atoms with Crippen molar-refractivity contribution in [2.24, 2.45) is 0 Å². The van der Waals surface area contributed by atoms with Crippen LogP contribution in [0, 0.1) is 5.95 Å². The van der Waals surface area contributed by atoms with E-state index in [1.807, 2.05) is 24.3 Å². The lowest BCUT2D eigenvalue weighted by atomic mass is 10.3. The van der Waals surface area contributed by atoms with Crippen molar-refractivity contribution in [1.82, 2.24) is 15.0 Å². The zero-order valence-electron chi connectivity index (χ0n) is 8.72. The standard InChI is InChI=1S/C12H8FN3S/c13-11-7-8(5-6-14-11)17-12-15-9-3-1-2-4-10(9)16-12/h1-7H,(H,15,16). The number of nitrogens with one attached hydrogen (secondary N) is 1. The van der Waals surface area contributed by atoms with Gasteiger partial charge in [-0.05, 0) is 18.2 Å². The predicted octanol–water partition coefficient (Wildman–Crippen LogP) is 3.25. The third-order valence-corrected chi connectivity index (χ3v) is 3.16. The third-order valence-electron chi connectivity index (χ3n) is 2.28. The molecular formula is C12H8FN3S. The molecule has 0 aliphatic carbocycles. The number of H-pyrrole nitrogens is 1. The lowest BCUT2D eigenvalue weighted by Crippen LogP contribution is -1.82. The van der Waals surface area contributed by atoms with Crippen LogP contribution in [0.2, 0.25) is 0 Å². The molecule has 0 aliphatic rings. The first kappa shape index (κ1) is 10.3. The van der Waals surface area contributed by atoms with Crippen molar-refractivity contribution < 1.29 is 4.39 Å². The van der Waals surface area contributed by atoms with Gasteiger partial charge in [0, 0.05) is 17.2 Å². The van der Waals surface area contributed by atoms with Crippen LogP contribution < -0.4 is 0 Å². The number of hydrogen-bond acceptors (Lipinski definition) is 3. The number of para-hydroxylation sites is 2. The summed E-state index contributed by atoms with van der Waals surface area (Å²) in [5, 5.41) is 0.747. The minimum Gasteiger partial charge on any atom is -0.333 e. The first-order valence-corrected chi connectivity index (χ1v) is 5.87. The van der Waals surface area contributed by atoms with Gasteiger partial charge in [-0.25, -0.2) is 9.97 Å². The Labute approximate surface area is 101 Å². The van der Waals surface area contributed by atoms with E-state index in [0.29, 0.717) is 0 Å². The Bertz CT molecular complexity index is 632. The molecule has 0 fully saturated rings. The van der Waals surface area contributed by atoms with E-state index in [2.05, 4.69) is 15.0 Å². The molecule has 2 heterocycles. The lowest BCUT2D eigenvalue weighted by Gasteiger charge is -1.96. The molecule has 3 nitrogen and oxygen atoms in total. The summed E-state index contributed by atoms with van der Waals surface area (Å²) in [7, 11) is 0. The Balaban J connectivity index is 1.94. The van der Waals surface area contributed by atoms with Gasteiger partial charge in [-0.1, -0.05) is 23.9 Å². The van der Waals surface area contributed by atoms with E-state index < -0.39 is 5.95 Å². The van der Waals surface area contributed by atoms with Crippen molar-refractivity contribution in [3.8, 4) is 0 Å². The summed E-state index contributed by atoms with van der Waals surface area (Å²) in [6, 6.07) is 10.9. The minimum atomic E-state index is -0.480. The molecule has 84 valence electrons. The Morgan fingerprint density at radius 2 is 2.06 bits per heavy atom. The van der Waals surface area contributed by atoms with Crippen molar-refractivity contribution in [3.63, 3.8) is 0 Å². The van der Waals surface area contributed by atoms with Crippen molar-refractivity contribution in [2.75, 3.05) is 0 Å². The molecule has 0 atom stereocenters. The normalized spacial score (nSPS) is 10.9. The molecule has 3 rings (SSSR count). The Hall–Kier alpha value is -1.88. The van der Waals surface area contributed by atoms with Gasteiger partial charge in [0.2, 0.25) is 5.95 Å². The fourth-order valence-corrected chi connectivity index (χ4v) is 2.35. The lowest BCUT2D eigenvalue weighted by molar-refractivity contribution is 0.579. The van der Waals surface area contributed by atoms with Gasteiger partial charge < -0.3 is 4.98 Å². The Kier molecular flexibility index (Phi) is 2.53. The largest absolute Gasteiger partial charge is 0.333 e. The second kappa shape index (κ2) is 4.18. The van der Waals surface area contributed by atoms with Gasteiger partial charge in [0.1, 0.15) is 0 Å². The third kappa shape index (κ3) is 2.14. The molecule has 0 saturated carbocycles. The van der Waals surface area contributed by atoms with Gasteiger partial charge in [0.25, 0.3) is 0 Å². The number of pyridine rings is 1. The predicted molar refractivity (Wildman–Crippen MR) is 64.4 cm³/mol. The van der Waals surface area contributed by atoms with Crippen molar-refractivity contribution >= 4 is 22.8 Å². The average Bonchev–Trinajstić information content (AvgIpc) is 2.71. The molecule has 1 N–H and O–H groups in total. The van der Waals surface area contributed by atoms with E-state index in [9.17, 15) is 4.39 Å². The zero-order chi connectivity index (χ0) is 11.7. The maximum Gasteiger partial charge on any atom is 0.213 e. The molecular weight excluding hydrogens is 237 g/mol. The van der Waals surface area contributed by atoms with Crippen molar-refractivity contribution in [3.05, 3.63) is 48.5 Å². The van der Waals surface area contributed by atoms with Gasteiger partial charge in [-0.2, -0.15) is 4.39 Å². The second-order valence-electron chi connectivity index (χ2n) is 3.48. The molecule has 1 aromatic carbocycles. The quantitative estimate of drug-likeness (QED) is 0.705. The fourth-order valence-electron chi connectivity index (χ4n) is 1.54. The minimum absolute atomic E-state index is 0.480. The molecule has 0 radical (unpaired) electrons. The number of halogens is 1. The van der Waals surface area contributed by atoms with E-state index in [0.717, 1.165) is 21.1 Å². The monoisotopic (exact) mass is 245 g/mol. The number of aromatic amines is 1. The molecule has 0 spiro atoms. The molecule has 0 aliphatic heterocycles. The van der Waals surface area contributed by atoms with E-state index in [1.165, 1.54) is 24.0 Å². The molecule has 2 aromatic heterocycles. The molecule has 0 saturated heterocycles. The molecule has 0 amide bonds. The highest BCUT2D eigenvalue weighted by atomic mass is 32.2. The number of fused-ring (bicyclic) bond motifs is 1. The number of rotatable bonds is 2. The molecule has 5 heteroatoms. The summed E-state index contributed by atoms with van der Waals surface area (Å²) in [5.41, 5.74) is 1.88. The van der Waals surface area contributed by atoms with E-state index in [4.69, 9.17) is 0 Å². The smallest absolute Gasteiger partial charge is 0.213 e. The van der Waals surface area contributed by atoms with Crippen LogP contribution in [0.4, 0.5) is 4.39 Å². The van der Waals surface area contributed by atoms with Gasteiger partial charge >= 0.3 is 0 Å².